The molecule has 4 rings (SSSR count). The molecule has 160 valence electrons. The second-order valence-corrected chi connectivity index (χ2v) is 10.6. The van der Waals surface area contributed by atoms with Crippen LogP contribution in [0.15, 0.2) is 52.3 Å². The van der Waals surface area contributed by atoms with Crippen LogP contribution in [0.4, 0.5) is 10.5 Å². The van der Waals surface area contributed by atoms with Crippen molar-refractivity contribution in [2.24, 2.45) is 0 Å². The van der Waals surface area contributed by atoms with Crippen LogP contribution in [0.2, 0.25) is 0 Å². The second-order valence-electron chi connectivity index (χ2n) is 9.52. The number of hydrogen-bond acceptors (Lipinski definition) is 4. The molecule has 2 fully saturated rings. The summed E-state index contributed by atoms with van der Waals surface area (Å²) in [6, 6.07) is 16.0. The number of carbonyl (C=O) groups is 1. The van der Waals surface area contributed by atoms with Gasteiger partial charge in [-0.2, -0.15) is 0 Å². The highest BCUT2D eigenvalue weighted by Gasteiger charge is 2.43. The third kappa shape index (κ3) is 4.46. The first-order chi connectivity index (χ1) is 14.2. The van der Waals surface area contributed by atoms with Gasteiger partial charge in [0.1, 0.15) is 5.60 Å². The fourth-order valence-corrected chi connectivity index (χ4v) is 5.58. The van der Waals surface area contributed by atoms with Crippen LogP contribution in [-0.2, 0) is 4.74 Å². The maximum Gasteiger partial charge on any atom is 0.410 e. The van der Waals surface area contributed by atoms with Crippen LogP contribution in [0.3, 0.4) is 0 Å². The first-order valence-corrected chi connectivity index (χ1v) is 11.6. The molecule has 2 saturated heterocycles. The monoisotopic (exact) mass is 424 g/mol. The van der Waals surface area contributed by atoms with Crippen LogP contribution in [0.25, 0.3) is 0 Å². The van der Waals surface area contributed by atoms with Crippen molar-refractivity contribution in [1.29, 1.82) is 0 Å². The number of amides is 1. The molecule has 0 aromatic heterocycles. The lowest BCUT2D eigenvalue weighted by Crippen LogP contribution is -2.56. The fourth-order valence-electron chi connectivity index (χ4n) is 4.56. The Kier molecular flexibility index (Phi) is 5.75. The third-order valence-corrected chi connectivity index (χ3v) is 7.07. The topological polar surface area (TPSA) is 32.8 Å². The number of fused-ring (bicyclic) bond motifs is 2. The Labute approximate surface area is 184 Å². The molecule has 2 aromatic rings. The SMILES string of the molecule is Cc1ccc(Sc2ccccc2N2C3CCC2CN(C(=O)OC(C)(C)C)C3)c(C)c1. The molecule has 2 unspecified atom stereocenters. The van der Waals surface area contributed by atoms with Crippen molar-refractivity contribution in [2.45, 2.75) is 74.9 Å². The van der Waals surface area contributed by atoms with E-state index < -0.39 is 5.60 Å². The van der Waals surface area contributed by atoms with Gasteiger partial charge in [-0.15, -0.1) is 0 Å². The van der Waals surface area contributed by atoms with Crippen molar-refractivity contribution >= 4 is 23.5 Å². The predicted molar refractivity (Wildman–Crippen MR) is 124 cm³/mol. The smallest absolute Gasteiger partial charge is 0.410 e. The van der Waals surface area contributed by atoms with Gasteiger partial charge in [0.2, 0.25) is 0 Å². The minimum atomic E-state index is -0.456. The highest BCUT2D eigenvalue weighted by molar-refractivity contribution is 7.99. The van der Waals surface area contributed by atoms with Gasteiger partial charge in [-0.25, -0.2) is 4.79 Å². The van der Waals surface area contributed by atoms with Crippen molar-refractivity contribution in [1.82, 2.24) is 4.90 Å². The molecule has 4 nitrogen and oxygen atoms in total. The lowest BCUT2D eigenvalue weighted by Gasteiger charge is -2.43. The number of hydrogen-bond donors (Lipinski definition) is 0. The number of aryl methyl sites for hydroxylation is 2. The quantitative estimate of drug-likeness (QED) is 0.601. The number of benzene rings is 2. The molecule has 0 spiro atoms. The molecule has 2 atom stereocenters. The van der Waals surface area contributed by atoms with E-state index in [1.165, 1.54) is 26.6 Å². The molecular weight excluding hydrogens is 392 g/mol. The molecule has 0 saturated carbocycles. The first-order valence-electron chi connectivity index (χ1n) is 10.8. The zero-order valence-corrected chi connectivity index (χ0v) is 19.5. The normalized spacial score (nSPS) is 21.1. The molecule has 0 aliphatic carbocycles. The lowest BCUT2D eigenvalue weighted by molar-refractivity contribution is 0.0209. The van der Waals surface area contributed by atoms with Gasteiger partial charge in [0.25, 0.3) is 0 Å². The van der Waals surface area contributed by atoms with Gasteiger partial charge in [-0.05, 0) is 71.2 Å². The minimum Gasteiger partial charge on any atom is -0.444 e. The van der Waals surface area contributed by atoms with Crippen LogP contribution in [0.1, 0.15) is 44.7 Å². The van der Waals surface area contributed by atoms with E-state index in [1.54, 1.807) is 0 Å². The Morgan fingerprint density at radius 3 is 2.30 bits per heavy atom. The average Bonchev–Trinajstić information content (AvgIpc) is 2.92. The number of nitrogens with zero attached hydrogens (tertiary/aromatic N) is 2. The minimum absolute atomic E-state index is 0.183. The van der Waals surface area contributed by atoms with E-state index in [1.807, 2.05) is 37.4 Å². The summed E-state index contributed by atoms with van der Waals surface area (Å²) in [7, 11) is 0. The van der Waals surface area contributed by atoms with Crippen LogP contribution >= 0.6 is 11.8 Å². The Morgan fingerprint density at radius 2 is 1.67 bits per heavy atom. The number of likely N-dealkylation sites (tertiary alicyclic amines) is 1. The van der Waals surface area contributed by atoms with Crippen LogP contribution in [0.5, 0.6) is 0 Å². The van der Waals surface area contributed by atoms with Crippen LogP contribution in [0, 0.1) is 13.8 Å². The highest BCUT2D eigenvalue weighted by atomic mass is 32.2. The van der Waals surface area contributed by atoms with E-state index in [-0.39, 0.29) is 6.09 Å². The number of piperazine rings is 1. The van der Waals surface area contributed by atoms with E-state index >= 15 is 0 Å². The maximum absolute atomic E-state index is 12.6. The number of rotatable bonds is 3. The number of carbonyl (C=O) groups excluding carboxylic acids is 1. The van der Waals surface area contributed by atoms with Gasteiger partial charge in [0.05, 0.1) is 5.69 Å². The summed E-state index contributed by atoms with van der Waals surface area (Å²) >= 11 is 1.84. The van der Waals surface area contributed by atoms with Crippen LogP contribution in [-0.4, -0.2) is 41.8 Å². The Bertz CT molecular complexity index is 923. The molecule has 5 heteroatoms. The van der Waals surface area contributed by atoms with Crippen LogP contribution < -0.4 is 4.90 Å². The molecule has 2 bridgehead atoms. The second kappa shape index (κ2) is 8.18. The molecule has 2 aromatic carbocycles. The number of anilines is 1. The van der Waals surface area contributed by atoms with Gasteiger partial charge >= 0.3 is 6.09 Å². The van der Waals surface area contributed by atoms with Gasteiger partial charge in [-0.3, -0.25) is 0 Å². The zero-order valence-electron chi connectivity index (χ0n) is 18.6. The molecule has 0 N–H and O–H groups in total. The molecule has 2 aliphatic heterocycles. The summed E-state index contributed by atoms with van der Waals surface area (Å²) in [6.45, 7) is 11.6. The summed E-state index contributed by atoms with van der Waals surface area (Å²) < 4.78 is 5.63. The summed E-state index contributed by atoms with van der Waals surface area (Å²) in [6.07, 6.45) is 2.05. The molecule has 2 heterocycles. The van der Waals surface area contributed by atoms with E-state index in [2.05, 4.69) is 61.2 Å². The Morgan fingerprint density at radius 1 is 1.00 bits per heavy atom. The van der Waals surface area contributed by atoms with E-state index in [0.29, 0.717) is 12.1 Å². The number of para-hydroxylation sites is 1. The summed E-state index contributed by atoms with van der Waals surface area (Å²) in [5, 5.41) is 0. The van der Waals surface area contributed by atoms with Gasteiger partial charge in [0, 0.05) is 35.0 Å². The largest absolute Gasteiger partial charge is 0.444 e. The number of ether oxygens (including phenoxy) is 1. The molecule has 2 aliphatic rings. The maximum atomic E-state index is 12.6. The van der Waals surface area contributed by atoms with Gasteiger partial charge < -0.3 is 14.5 Å². The van der Waals surface area contributed by atoms with E-state index in [0.717, 1.165) is 25.9 Å². The Balaban J connectivity index is 1.55. The standard InChI is InChI=1S/C25H32N2O2S/c1-17-10-13-22(18(2)14-17)30-23-9-7-6-8-21(23)27-19-11-12-20(27)16-26(15-19)24(28)29-25(3,4)5/h6-10,13-14,19-20H,11-12,15-16H2,1-5H3. The van der Waals surface area contributed by atoms with Crippen molar-refractivity contribution < 1.29 is 9.53 Å². The van der Waals surface area contributed by atoms with Crippen molar-refractivity contribution in [3.63, 3.8) is 0 Å². The van der Waals surface area contributed by atoms with E-state index in [9.17, 15) is 4.79 Å². The molecule has 0 radical (unpaired) electrons. The van der Waals surface area contributed by atoms with Gasteiger partial charge in [-0.1, -0.05) is 41.6 Å². The molecule has 1 amide bonds. The molecular formula is C25H32N2O2S. The van der Waals surface area contributed by atoms with E-state index in [4.69, 9.17) is 4.74 Å². The lowest BCUT2D eigenvalue weighted by atomic mass is 10.1. The fraction of sp³-hybridized carbons (Fsp3) is 0.480. The third-order valence-electron chi connectivity index (χ3n) is 5.83. The highest BCUT2D eigenvalue weighted by Crippen LogP contribution is 2.42. The Hall–Kier alpha value is -2.14. The van der Waals surface area contributed by atoms with Crippen molar-refractivity contribution in [3.8, 4) is 0 Å². The summed E-state index contributed by atoms with van der Waals surface area (Å²) in [4.78, 5) is 19.7. The first kappa shape index (κ1) is 21.1. The average molecular weight is 425 g/mol. The molecule has 30 heavy (non-hydrogen) atoms. The predicted octanol–water partition coefficient (Wildman–Crippen LogP) is 6.04. The summed E-state index contributed by atoms with van der Waals surface area (Å²) in [5.41, 5.74) is 3.44. The van der Waals surface area contributed by atoms with Gasteiger partial charge in [0.15, 0.2) is 0 Å². The summed E-state index contributed by atoms with van der Waals surface area (Å²) in [5.74, 6) is 0. The van der Waals surface area contributed by atoms with Crippen molar-refractivity contribution in [2.75, 3.05) is 18.0 Å². The zero-order chi connectivity index (χ0) is 21.5. The van der Waals surface area contributed by atoms with Crippen molar-refractivity contribution in [3.05, 3.63) is 53.6 Å².